The molecular formula is C14H22N2O. The predicted octanol–water partition coefficient (Wildman–Crippen LogP) is 2.15. The third kappa shape index (κ3) is 4.19. The highest BCUT2D eigenvalue weighted by molar-refractivity contribution is 5.94. The predicted molar refractivity (Wildman–Crippen MR) is 71.2 cm³/mol. The van der Waals surface area contributed by atoms with Gasteiger partial charge < -0.3 is 5.32 Å². The van der Waals surface area contributed by atoms with Gasteiger partial charge in [-0.3, -0.25) is 9.69 Å². The van der Waals surface area contributed by atoms with Crippen molar-refractivity contribution in [2.45, 2.75) is 26.8 Å². The molecule has 94 valence electrons. The molecule has 1 aromatic rings. The summed E-state index contributed by atoms with van der Waals surface area (Å²) >= 11 is 0. The lowest BCUT2D eigenvalue weighted by Gasteiger charge is -2.26. The minimum Gasteiger partial charge on any atom is -0.350 e. The second-order valence-electron chi connectivity index (χ2n) is 4.15. The lowest BCUT2D eigenvalue weighted by atomic mass is 10.2. The number of likely N-dealkylation sites (N-methyl/N-ethyl adjacent to an activating group) is 1. The largest absolute Gasteiger partial charge is 0.350 e. The van der Waals surface area contributed by atoms with Crippen molar-refractivity contribution >= 4 is 5.91 Å². The van der Waals surface area contributed by atoms with Crippen LogP contribution < -0.4 is 5.32 Å². The number of hydrogen-bond acceptors (Lipinski definition) is 2. The molecule has 3 heteroatoms. The molecule has 0 aliphatic rings. The molecule has 0 heterocycles. The Morgan fingerprint density at radius 3 is 2.35 bits per heavy atom. The van der Waals surface area contributed by atoms with Gasteiger partial charge in [0.05, 0.1) is 0 Å². The van der Waals surface area contributed by atoms with Crippen LogP contribution in [0, 0.1) is 0 Å². The molecule has 1 atom stereocenters. The summed E-state index contributed by atoms with van der Waals surface area (Å²) in [6, 6.07) is 9.70. The summed E-state index contributed by atoms with van der Waals surface area (Å²) < 4.78 is 0. The van der Waals surface area contributed by atoms with Crippen molar-refractivity contribution in [1.29, 1.82) is 0 Å². The molecule has 1 unspecified atom stereocenters. The Kier molecular flexibility index (Phi) is 5.70. The van der Waals surface area contributed by atoms with Crippen LogP contribution >= 0.6 is 0 Å². The third-order valence-corrected chi connectivity index (χ3v) is 3.03. The summed E-state index contributed by atoms with van der Waals surface area (Å²) in [6.45, 7) is 9.13. The molecule has 0 saturated heterocycles. The maximum Gasteiger partial charge on any atom is 0.251 e. The molecule has 0 spiro atoms. The van der Waals surface area contributed by atoms with E-state index < -0.39 is 0 Å². The monoisotopic (exact) mass is 234 g/mol. The molecule has 17 heavy (non-hydrogen) atoms. The summed E-state index contributed by atoms with van der Waals surface area (Å²) in [4.78, 5) is 14.1. The van der Waals surface area contributed by atoms with Crippen LogP contribution in [0.5, 0.6) is 0 Å². The lowest BCUT2D eigenvalue weighted by molar-refractivity contribution is 0.0938. The number of carbonyl (C=O) groups excluding carboxylic acids is 1. The van der Waals surface area contributed by atoms with Crippen LogP contribution in [-0.2, 0) is 0 Å². The minimum absolute atomic E-state index is 0.00426. The van der Waals surface area contributed by atoms with Crippen LogP contribution in [0.2, 0.25) is 0 Å². The van der Waals surface area contributed by atoms with E-state index in [0.717, 1.165) is 18.7 Å². The van der Waals surface area contributed by atoms with Gasteiger partial charge in [0.15, 0.2) is 0 Å². The zero-order valence-electron chi connectivity index (χ0n) is 10.9. The first-order valence-electron chi connectivity index (χ1n) is 6.26. The first kappa shape index (κ1) is 13.7. The van der Waals surface area contributed by atoms with E-state index in [-0.39, 0.29) is 5.91 Å². The molecule has 1 aromatic carbocycles. The van der Waals surface area contributed by atoms with Crippen LogP contribution in [0.1, 0.15) is 31.1 Å². The van der Waals surface area contributed by atoms with E-state index in [2.05, 4.69) is 31.0 Å². The molecule has 3 nitrogen and oxygen atoms in total. The first-order chi connectivity index (χ1) is 8.19. The van der Waals surface area contributed by atoms with Gasteiger partial charge in [0, 0.05) is 18.2 Å². The number of amides is 1. The van der Waals surface area contributed by atoms with Gasteiger partial charge in [-0.15, -0.1) is 0 Å². The summed E-state index contributed by atoms with van der Waals surface area (Å²) in [5.41, 5.74) is 0.722. The van der Waals surface area contributed by atoms with Gasteiger partial charge in [-0.05, 0) is 32.1 Å². The number of nitrogens with zero attached hydrogens (tertiary/aromatic N) is 1. The fourth-order valence-corrected chi connectivity index (χ4v) is 1.91. The van der Waals surface area contributed by atoms with Crippen molar-refractivity contribution in [1.82, 2.24) is 10.2 Å². The van der Waals surface area contributed by atoms with E-state index in [0.29, 0.717) is 12.6 Å². The quantitative estimate of drug-likeness (QED) is 0.818. The van der Waals surface area contributed by atoms with E-state index in [1.54, 1.807) is 0 Å². The number of rotatable bonds is 6. The summed E-state index contributed by atoms with van der Waals surface area (Å²) in [7, 11) is 0. The summed E-state index contributed by atoms with van der Waals surface area (Å²) in [5.74, 6) is 0.00426. The Labute approximate surface area is 104 Å². The van der Waals surface area contributed by atoms with Crippen molar-refractivity contribution < 1.29 is 4.79 Å². The third-order valence-electron chi connectivity index (χ3n) is 3.03. The van der Waals surface area contributed by atoms with E-state index in [1.165, 1.54) is 0 Å². The van der Waals surface area contributed by atoms with Crippen molar-refractivity contribution in [2.75, 3.05) is 19.6 Å². The van der Waals surface area contributed by atoms with Gasteiger partial charge in [0.1, 0.15) is 0 Å². The standard InChI is InChI=1S/C14H22N2O/c1-4-16(5-2)12(3)11-15-14(17)13-9-7-6-8-10-13/h6-10,12H,4-5,11H2,1-3H3,(H,15,17). The Bertz CT molecular complexity index is 333. The molecule has 1 rings (SSSR count). The fourth-order valence-electron chi connectivity index (χ4n) is 1.91. The topological polar surface area (TPSA) is 32.3 Å². The maximum absolute atomic E-state index is 11.8. The Hall–Kier alpha value is -1.35. The van der Waals surface area contributed by atoms with E-state index in [1.807, 2.05) is 30.3 Å². The molecule has 1 N–H and O–H groups in total. The Morgan fingerprint density at radius 2 is 1.82 bits per heavy atom. The molecule has 0 fully saturated rings. The zero-order chi connectivity index (χ0) is 12.7. The Balaban J connectivity index is 2.43. The molecule has 1 amide bonds. The number of nitrogens with one attached hydrogen (secondary N) is 1. The lowest BCUT2D eigenvalue weighted by Crippen LogP contribution is -2.41. The Morgan fingerprint density at radius 1 is 1.24 bits per heavy atom. The summed E-state index contributed by atoms with van der Waals surface area (Å²) in [5, 5.41) is 2.97. The van der Waals surface area contributed by atoms with E-state index >= 15 is 0 Å². The van der Waals surface area contributed by atoms with Crippen LogP contribution in [0.4, 0.5) is 0 Å². The average molecular weight is 234 g/mol. The van der Waals surface area contributed by atoms with Crippen molar-refractivity contribution in [3.8, 4) is 0 Å². The number of carbonyl (C=O) groups is 1. The average Bonchev–Trinajstić information content (AvgIpc) is 2.38. The SMILES string of the molecule is CCN(CC)C(C)CNC(=O)c1ccccc1. The zero-order valence-corrected chi connectivity index (χ0v) is 10.9. The molecule has 0 aliphatic heterocycles. The number of benzene rings is 1. The van der Waals surface area contributed by atoms with Crippen molar-refractivity contribution in [2.24, 2.45) is 0 Å². The van der Waals surface area contributed by atoms with Crippen LogP contribution in [0.15, 0.2) is 30.3 Å². The van der Waals surface area contributed by atoms with Gasteiger partial charge in [0.25, 0.3) is 5.91 Å². The molecule has 0 bridgehead atoms. The molecular weight excluding hydrogens is 212 g/mol. The van der Waals surface area contributed by atoms with Crippen molar-refractivity contribution in [3.05, 3.63) is 35.9 Å². The van der Waals surface area contributed by atoms with E-state index in [4.69, 9.17) is 0 Å². The molecule has 0 radical (unpaired) electrons. The number of hydrogen-bond donors (Lipinski definition) is 1. The van der Waals surface area contributed by atoms with Crippen LogP contribution in [0.25, 0.3) is 0 Å². The van der Waals surface area contributed by atoms with Gasteiger partial charge in [-0.25, -0.2) is 0 Å². The highest BCUT2D eigenvalue weighted by atomic mass is 16.1. The van der Waals surface area contributed by atoms with Gasteiger partial charge >= 0.3 is 0 Å². The van der Waals surface area contributed by atoms with Gasteiger partial charge in [0.2, 0.25) is 0 Å². The van der Waals surface area contributed by atoms with Gasteiger partial charge in [-0.2, -0.15) is 0 Å². The normalized spacial score (nSPS) is 12.5. The van der Waals surface area contributed by atoms with Gasteiger partial charge in [-0.1, -0.05) is 32.0 Å². The minimum atomic E-state index is 0.00426. The maximum atomic E-state index is 11.8. The van der Waals surface area contributed by atoms with E-state index in [9.17, 15) is 4.79 Å². The highest BCUT2D eigenvalue weighted by Crippen LogP contribution is 2.00. The molecule has 0 aromatic heterocycles. The van der Waals surface area contributed by atoms with Crippen LogP contribution in [-0.4, -0.2) is 36.5 Å². The smallest absolute Gasteiger partial charge is 0.251 e. The first-order valence-corrected chi connectivity index (χ1v) is 6.26. The second kappa shape index (κ2) is 7.07. The summed E-state index contributed by atoms with van der Waals surface area (Å²) in [6.07, 6.45) is 0. The molecule has 0 saturated carbocycles. The highest BCUT2D eigenvalue weighted by Gasteiger charge is 2.11. The fraction of sp³-hybridized carbons (Fsp3) is 0.500. The second-order valence-corrected chi connectivity index (χ2v) is 4.15. The molecule has 0 aliphatic carbocycles. The van der Waals surface area contributed by atoms with Crippen LogP contribution in [0.3, 0.4) is 0 Å². The van der Waals surface area contributed by atoms with Crippen molar-refractivity contribution in [3.63, 3.8) is 0 Å².